The zero-order valence-electron chi connectivity index (χ0n) is 10.6. The van der Waals surface area contributed by atoms with Crippen LogP contribution in [0.4, 0.5) is 0 Å². The van der Waals surface area contributed by atoms with Crippen LogP contribution in [0.5, 0.6) is 0 Å². The van der Waals surface area contributed by atoms with Gasteiger partial charge in [-0.1, -0.05) is 12.1 Å². The molecule has 90 valence electrons. The molecule has 3 heteroatoms. The Morgan fingerprint density at radius 1 is 1.35 bits per heavy atom. The predicted molar refractivity (Wildman–Crippen MR) is 68.4 cm³/mol. The van der Waals surface area contributed by atoms with Crippen LogP contribution in [0.25, 0.3) is 10.9 Å². The molecule has 1 N–H and O–H groups in total. The molecule has 1 unspecified atom stereocenters. The van der Waals surface area contributed by atoms with Gasteiger partial charge in [-0.25, -0.2) is 0 Å². The number of aryl methyl sites for hydroxylation is 3. The fourth-order valence-electron chi connectivity index (χ4n) is 2.31. The molecule has 0 bridgehead atoms. The number of hydrogen-bond acceptors (Lipinski definition) is 1. The van der Waals surface area contributed by atoms with Gasteiger partial charge in [-0.3, -0.25) is 4.79 Å². The Bertz CT molecular complexity index is 596. The number of rotatable bonds is 2. The van der Waals surface area contributed by atoms with Crippen LogP contribution >= 0.6 is 0 Å². The van der Waals surface area contributed by atoms with Crippen molar-refractivity contribution >= 4 is 16.9 Å². The first-order chi connectivity index (χ1) is 7.93. The van der Waals surface area contributed by atoms with Gasteiger partial charge in [0.1, 0.15) is 0 Å². The maximum absolute atomic E-state index is 11.1. The summed E-state index contributed by atoms with van der Waals surface area (Å²) >= 11 is 0. The molecule has 17 heavy (non-hydrogen) atoms. The number of aliphatic carboxylic acids is 1. The smallest absolute Gasteiger partial charge is 0.310 e. The van der Waals surface area contributed by atoms with E-state index in [9.17, 15) is 4.79 Å². The SMILES string of the molecule is Cc1ccc2c(C(C)C(=O)O)cn(C)c2c1C. The second-order valence-corrected chi connectivity index (χ2v) is 4.66. The Kier molecular flexibility index (Phi) is 2.69. The Balaban J connectivity index is 2.77. The molecule has 0 saturated heterocycles. The standard InChI is InChI=1S/C14H17NO2/c1-8-5-6-11-12(10(3)14(16)17)7-15(4)13(11)9(8)2/h5-7,10H,1-4H3,(H,16,17). The number of carboxylic acids is 1. The predicted octanol–water partition coefficient (Wildman–Crippen LogP) is 2.98. The zero-order valence-corrected chi connectivity index (χ0v) is 10.6. The van der Waals surface area contributed by atoms with E-state index in [2.05, 4.69) is 19.9 Å². The number of benzene rings is 1. The third-order valence-electron chi connectivity index (χ3n) is 3.54. The lowest BCUT2D eigenvalue weighted by Crippen LogP contribution is -2.06. The molecule has 0 aliphatic heterocycles. The summed E-state index contributed by atoms with van der Waals surface area (Å²) in [6.45, 7) is 5.88. The fraction of sp³-hybridized carbons (Fsp3) is 0.357. The van der Waals surface area contributed by atoms with Gasteiger partial charge in [-0.2, -0.15) is 0 Å². The fourth-order valence-corrected chi connectivity index (χ4v) is 2.31. The number of fused-ring (bicyclic) bond motifs is 1. The van der Waals surface area contributed by atoms with Crippen LogP contribution < -0.4 is 0 Å². The van der Waals surface area contributed by atoms with E-state index >= 15 is 0 Å². The molecule has 1 aromatic heterocycles. The molecular weight excluding hydrogens is 214 g/mol. The monoisotopic (exact) mass is 231 g/mol. The van der Waals surface area contributed by atoms with Gasteiger partial charge < -0.3 is 9.67 Å². The second kappa shape index (κ2) is 3.91. The topological polar surface area (TPSA) is 42.2 Å². The summed E-state index contributed by atoms with van der Waals surface area (Å²) in [4.78, 5) is 11.1. The summed E-state index contributed by atoms with van der Waals surface area (Å²) in [6.07, 6.45) is 1.93. The Labute approximate surface area is 101 Å². The number of carboxylic acid groups (broad SMARTS) is 1. The summed E-state index contributed by atoms with van der Waals surface area (Å²) in [7, 11) is 1.97. The Hall–Kier alpha value is -1.77. The van der Waals surface area contributed by atoms with Crippen molar-refractivity contribution in [3.63, 3.8) is 0 Å². The first-order valence-electron chi connectivity index (χ1n) is 5.71. The zero-order chi connectivity index (χ0) is 12.7. The van der Waals surface area contributed by atoms with Gasteiger partial charge in [0.2, 0.25) is 0 Å². The van der Waals surface area contributed by atoms with E-state index in [4.69, 9.17) is 5.11 Å². The van der Waals surface area contributed by atoms with Crippen molar-refractivity contribution in [1.29, 1.82) is 0 Å². The van der Waals surface area contributed by atoms with Crippen molar-refractivity contribution in [3.8, 4) is 0 Å². The molecule has 0 spiro atoms. The van der Waals surface area contributed by atoms with Crippen LogP contribution in [-0.2, 0) is 11.8 Å². The highest BCUT2D eigenvalue weighted by Crippen LogP contribution is 2.30. The first-order valence-corrected chi connectivity index (χ1v) is 5.71. The normalized spacial score (nSPS) is 12.9. The van der Waals surface area contributed by atoms with Gasteiger partial charge in [-0.05, 0) is 37.5 Å². The summed E-state index contributed by atoms with van der Waals surface area (Å²) in [5.74, 6) is -1.25. The summed E-state index contributed by atoms with van der Waals surface area (Å²) < 4.78 is 2.02. The molecule has 2 aromatic rings. The van der Waals surface area contributed by atoms with Crippen molar-refractivity contribution in [2.75, 3.05) is 0 Å². The minimum Gasteiger partial charge on any atom is -0.481 e. The molecule has 0 fully saturated rings. The minimum absolute atomic E-state index is 0.471. The maximum Gasteiger partial charge on any atom is 0.310 e. The summed E-state index contributed by atoms with van der Waals surface area (Å²) in [5, 5.41) is 10.2. The second-order valence-electron chi connectivity index (χ2n) is 4.66. The van der Waals surface area contributed by atoms with E-state index in [0.717, 1.165) is 16.5 Å². The third kappa shape index (κ3) is 1.71. The molecule has 2 rings (SSSR count). The lowest BCUT2D eigenvalue weighted by Gasteiger charge is -2.06. The van der Waals surface area contributed by atoms with Crippen LogP contribution in [0.1, 0.15) is 29.5 Å². The molecule has 1 heterocycles. The van der Waals surface area contributed by atoms with Crippen LogP contribution in [0.3, 0.4) is 0 Å². The first kappa shape index (κ1) is 11.7. The van der Waals surface area contributed by atoms with Gasteiger partial charge in [0.15, 0.2) is 0 Å². The average Bonchev–Trinajstić information content (AvgIpc) is 2.60. The van der Waals surface area contributed by atoms with Crippen molar-refractivity contribution in [2.24, 2.45) is 7.05 Å². The van der Waals surface area contributed by atoms with Crippen LogP contribution in [0, 0.1) is 13.8 Å². The largest absolute Gasteiger partial charge is 0.481 e. The minimum atomic E-state index is -0.782. The van der Waals surface area contributed by atoms with Crippen molar-refractivity contribution in [3.05, 3.63) is 35.0 Å². The van der Waals surface area contributed by atoms with Gasteiger partial charge in [0.25, 0.3) is 0 Å². The van der Waals surface area contributed by atoms with Gasteiger partial charge >= 0.3 is 5.97 Å². The van der Waals surface area contributed by atoms with Crippen LogP contribution in [0.2, 0.25) is 0 Å². The molecule has 0 amide bonds. The molecule has 0 radical (unpaired) electrons. The highest BCUT2D eigenvalue weighted by atomic mass is 16.4. The van der Waals surface area contributed by atoms with E-state index in [-0.39, 0.29) is 0 Å². The van der Waals surface area contributed by atoms with Gasteiger partial charge in [0, 0.05) is 18.6 Å². The van der Waals surface area contributed by atoms with Gasteiger partial charge in [-0.15, -0.1) is 0 Å². The quantitative estimate of drug-likeness (QED) is 0.863. The molecule has 0 aliphatic carbocycles. The number of hydrogen-bond donors (Lipinski definition) is 1. The third-order valence-corrected chi connectivity index (χ3v) is 3.54. The van der Waals surface area contributed by atoms with Crippen LogP contribution in [-0.4, -0.2) is 15.6 Å². The van der Waals surface area contributed by atoms with Crippen molar-refractivity contribution in [1.82, 2.24) is 4.57 Å². The highest BCUT2D eigenvalue weighted by molar-refractivity contribution is 5.92. The maximum atomic E-state index is 11.1. The van der Waals surface area contributed by atoms with Crippen molar-refractivity contribution in [2.45, 2.75) is 26.7 Å². The van der Waals surface area contributed by atoms with E-state index in [1.54, 1.807) is 6.92 Å². The Morgan fingerprint density at radius 3 is 2.59 bits per heavy atom. The number of aromatic nitrogens is 1. The molecule has 0 saturated carbocycles. The van der Waals surface area contributed by atoms with E-state index in [1.165, 1.54) is 11.1 Å². The Morgan fingerprint density at radius 2 is 2.00 bits per heavy atom. The van der Waals surface area contributed by atoms with Crippen molar-refractivity contribution < 1.29 is 9.90 Å². The van der Waals surface area contributed by atoms with Gasteiger partial charge in [0.05, 0.1) is 11.4 Å². The lowest BCUT2D eigenvalue weighted by molar-refractivity contribution is -0.138. The van der Waals surface area contributed by atoms with Crippen LogP contribution in [0.15, 0.2) is 18.3 Å². The molecule has 0 aliphatic rings. The van der Waals surface area contributed by atoms with E-state index in [1.807, 2.05) is 23.9 Å². The van der Waals surface area contributed by atoms with E-state index < -0.39 is 11.9 Å². The molecular formula is C14H17NO2. The van der Waals surface area contributed by atoms with E-state index in [0.29, 0.717) is 0 Å². The highest BCUT2D eigenvalue weighted by Gasteiger charge is 2.19. The average molecular weight is 231 g/mol. The lowest BCUT2D eigenvalue weighted by atomic mass is 9.98. The molecule has 1 atom stereocenters. The number of nitrogens with zero attached hydrogens (tertiary/aromatic N) is 1. The summed E-state index contributed by atoms with van der Waals surface area (Å²) in [5.41, 5.74) is 4.47. The summed E-state index contributed by atoms with van der Waals surface area (Å²) in [6, 6.07) is 4.07. The molecule has 3 nitrogen and oxygen atoms in total. The number of carbonyl (C=O) groups is 1. The molecule has 1 aromatic carbocycles.